The number of methoxy groups -OCH3 is 1. The van der Waals surface area contributed by atoms with E-state index in [1.54, 1.807) is 7.11 Å². The summed E-state index contributed by atoms with van der Waals surface area (Å²) in [5, 5.41) is 0. The van der Waals surface area contributed by atoms with Crippen LogP contribution in [0.5, 0.6) is 5.75 Å². The maximum absolute atomic E-state index is 6.22. The zero-order valence-electron chi connectivity index (χ0n) is 16.3. The van der Waals surface area contributed by atoms with E-state index in [2.05, 4.69) is 29.0 Å². The highest BCUT2D eigenvalue weighted by Crippen LogP contribution is 2.64. The number of nitrogens with zero attached hydrogens (tertiary/aromatic N) is 1. The molecule has 27 heavy (non-hydrogen) atoms. The van der Waals surface area contributed by atoms with E-state index >= 15 is 0 Å². The number of benzene rings is 1. The lowest BCUT2D eigenvalue weighted by Crippen LogP contribution is -2.59. The fourth-order valence-electron chi connectivity index (χ4n) is 6.59. The Morgan fingerprint density at radius 2 is 2.00 bits per heavy atom. The van der Waals surface area contributed by atoms with E-state index in [1.165, 1.54) is 36.9 Å². The molecule has 6 rings (SSSR count). The van der Waals surface area contributed by atoms with Gasteiger partial charge in [-0.15, -0.1) is 0 Å². The number of hydrogen-bond acceptors (Lipinski definition) is 3. The molecular formula is C23H30NO3+. The second-order valence-corrected chi connectivity index (χ2v) is 9.54. The number of hydrogen-bond donors (Lipinski definition) is 0. The van der Waals surface area contributed by atoms with Crippen molar-refractivity contribution in [2.45, 2.75) is 56.1 Å². The molecule has 2 aliphatic heterocycles. The number of rotatable bonds is 3. The fraction of sp³-hybridized carbons (Fsp3) is 0.696. The Hall–Kier alpha value is -1.39. The summed E-state index contributed by atoms with van der Waals surface area (Å²) in [6.07, 6.45) is 11.0. The van der Waals surface area contributed by atoms with Crippen molar-refractivity contribution >= 4 is 6.21 Å². The minimum Gasteiger partial charge on any atom is -0.497 e. The third-order valence-corrected chi connectivity index (χ3v) is 8.07. The van der Waals surface area contributed by atoms with Crippen molar-refractivity contribution in [3.05, 3.63) is 29.3 Å². The molecule has 144 valence electrons. The van der Waals surface area contributed by atoms with Crippen molar-refractivity contribution in [3.63, 3.8) is 0 Å². The van der Waals surface area contributed by atoms with Gasteiger partial charge in [0.25, 0.3) is 0 Å². The summed E-state index contributed by atoms with van der Waals surface area (Å²) >= 11 is 0. The van der Waals surface area contributed by atoms with Gasteiger partial charge in [-0.1, -0.05) is 6.07 Å². The first-order chi connectivity index (χ1) is 13.2. The summed E-state index contributed by atoms with van der Waals surface area (Å²) in [7, 11) is 1.78. The predicted molar refractivity (Wildman–Crippen MR) is 103 cm³/mol. The number of ether oxygens (including phenoxy) is 3. The Labute approximate surface area is 161 Å². The first kappa shape index (κ1) is 16.6. The Morgan fingerprint density at radius 3 is 2.78 bits per heavy atom. The van der Waals surface area contributed by atoms with E-state index in [0.717, 1.165) is 57.1 Å². The summed E-state index contributed by atoms with van der Waals surface area (Å²) in [6.45, 7) is 3.90. The van der Waals surface area contributed by atoms with Crippen molar-refractivity contribution in [2.75, 3.05) is 33.4 Å². The average molecular weight is 368 g/mol. The van der Waals surface area contributed by atoms with Gasteiger partial charge in [0, 0.05) is 30.6 Å². The average Bonchev–Trinajstić information content (AvgIpc) is 3.30. The largest absolute Gasteiger partial charge is 0.497 e. The van der Waals surface area contributed by atoms with Gasteiger partial charge in [0.1, 0.15) is 25.1 Å². The highest BCUT2D eigenvalue weighted by molar-refractivity contribution is 5.71. The topological polar surface area (TPSA) is 30.7 Å². The van der Waals surface area contributed by atoms with Crippen molar-refractivity contribution in [3.8, 4) is 5.75 Å². The van der Waals surface area contributed by atoms with Crippen LogP contribution in [0.3, 0.4) is 0 Å². The highest BCUT2D eigenvalue weighted by Gasteiger charge is 2.67. The van der Waals surface area contributed by atoms with Crippen LogP contribution in [0.25, 0.3) is 0 Å². The molecule has 3 fully saturated rings. The summed E-state index contributed by atoms with van der Waals surface area (Å²) in [4.78, 5) is 0. The molecular weight excluding hydrogens is 338 g/mol. The molecule has 0 amide bonds. The van der Waals surface area contributed by atoms with Crippen molar-refractivity contribution in [1.29, 1.82) is 0 Å². The molecule has 1 saturated heterocycles. The van der Waals surface area contributed by atoms with Crippen molar-refractivity contribution in [1.82, 2.24) is 0 Å². The van der Waals surface area contributed by atoms with Crippen LogP contribution in [0.4, 0.5) is 0 Å². The molecule has 0 bridgehead atoms. The van der Waals surface area contributed by atoms with Crippen LogP contribution in [0, 0.1) is 11.3 Å². The standard InChI is InChI=1S/C23H30NO3/c1-25-19-5-4-18-13-21-6-7-23(26-10-11-27-23)15-22(21,20(18)12-19)8-9-24(16-21)14-17-2-3-17/h4-5,12,16-17H,2-3,6-11,13-15H2,1H3/q+1/t21-,22+/m0/s1. The van der Waals surface area contributed by atoms with Crippen LogP contribution in [0.15, 0.2) is 18.2 Å². The zero-order chi connectivity index (χ0) is 18.1. The molecule has 2 atom stereocenters. The van der Waals surface area contributed by atoms with Gasteiger partial charge < -0.3 is 14.2 Å². The van der Waals surface area contributed by atoms with E-state index < -0.39 is 0 Å². The molecule has 1 aromatic carbocycles. The molecule has 1 spiro atoms. The lowest BCUT2D eigenvalue weighted by atomic mass is 9.53. The van der Waals surface area contributed by atoms with E-state index in [0.29, 0.717) is 0 Å². The molecule has 3 aliphatic carbocycles. The third-order valence-electron chi connectivity index (χ3n) is 8.07. The van der Waals surface area contributed by atoms with E-state index in [4.69, 9.17) is 14.2 Å². The van der Waals surface area contributed by atoms with E-state index in [9.17, 15) is 0 Å². The molecule has 4 nitrogen and oxygen atoms in total. The first-order valence-corrected chi connectivity index (χ1v) is 10.7. The highest BCUT2D eigenvalue weighted by atomic mass is 16.7. The van der Waals surface area contributed by atoms with Gasteiger partial charge in [-0.3, -0.25) is 0 Å². The Morgan fingerprint density at radius 1 is 1.15 bits per heavy atom. The lowest BCUT2D eigenvalue weighted by molar-refractivity contribution is -0.540. The summed E-state index contributed by atoms with van der Waals surface area (Å²) in [5.74, 6) is 1.55. The van der Waals surface area contributed by atoms with Crippen molar-refractivity contribution in [2.24, 2.45) is 11.3 Å². The van der Waals surface area contributed by atoms with Gasteiger partial charge in [-0.05, 0) is 48.9 Å². The zero-order valence-corrected chi connectivity index (χ0v) is 16.3. The maximum atomic E-state index is 6.22. The molecule has 0 N–H and O–H groups in total. The Kier molecular flexibility index (Phi) is 3.42. The van der Waals surface area contributed by atoms with Gasteiger partial charge in [-0.2, -0.15) is 0 Å². The molecule has 2 saturated carbocycles. The quantitative estimate of drug-likeness (QED) is 0.767. The van der Waals surface area contributed by atoms with Crippen LogP contribution in [0.1, 0.15) is 49.7 Å². The van der Waals surface area contributed by atoms with Crippen LogP contribution in [-0.4, -0.2) is 50.0 Å². The summed E-state index contributed by atoms with van der Waals surface area (Å²) in [5.41, 5.74) is 3.35. The lowest BCUT2D eigenvalue weighted by Gasteiger charge is -2.53. The van der Waals surface area contributed by atoms with Gasteiger partial charge in [0.15, 0.2) is 5.79 Å². The Balaban J connectivity index is 1.48. The van der Waals surface area contributed by atoms with Crippen LogP contribution < -0.4 is 4.74 Å². The van der Waals surface area contributed by atoms with Crippen LogP contribution >= 0.6 is 0 Å². The normalized spacial score (nSPS) is 36.1. The Bertz CT molecular complexity index is 808. The summed E-state index contributed by atoms with van der Waals surface area (Å²) in [6, 6.07) is 6.76. The molecule has 0 aromatic heterocycles. The minimum atomic E-state index is -0.360. The van der Waals surface area contributed by atoms with Crippen LogP contribution in [-0.2, 0) is 21.3 Å². The summed E-state index contributed by atoms with van der Waals surface area (Å²) < 4.78 is 20.7. The first-order valence-electron chi connectivity index (χ1n) is 10.7. The monoisotopic (exact) mass is 368 g/mol. The second-order valence-electron chi connectivity index (χ2n) is 9.54. The molecule has 4 heteroatoms. The molecule has 2 heterocycles. The van der Waals surface area contributed by atoms with E-state index in [1.807, 2.05) is 0 Å². The van der Waals surface area contributed by atoms with Gasteiger partial charge in [0.05, 0.1) is 25.7 Å². The van der Waals surface area contributed by atoms with Gasteiger partial charge in [-0.25, -0.2) is 4.58 Å². The minimum absolute atomic E-state index is 0.125. The van der Waals surface area contributed by atoms with E-state index in [-0.39, 0.29) is 16.6 Å². The fourth-order valence-corrected chi connectivity index (χ4v) is 6.59. The predicted octanol–water partition coefficient (Wildman–Crippen LogP) is 3.30. The van der Waals surface area contributed by atoms with Crippen molar-refractivity contribution < 1.29 is 18.8 Å². The second kappa shape index (κ2) is 5.57. The molecule has 1 aromatic rings. The SMILES string of the molecule is COc1ccc2c(c1)[C@]13CC[N+](CC4CC4)=C[C@]1(CCC1(C3)OCCO1)C2. The van der Waals surface area contributed by atoms with Crippen LogP contribution in [0.2, 0.25) is 0 Å². The molecule has 5 aliphatic rings. The van der Waals surface area contributed by atoms with Gasteiger partial charge >= 0.3 is 0 Å². The molecule has 0 radical (unpaired) electrons. The number of fused-ring (bicyclic) bond motifs is 1. The molecule has 0 unspecified atom stereocenters. The third kappa shape index (κ3) is 2.32. The van der Waals surface area contributed by atoms with Gasteiger partial charge in [0.2, 0.25) is 0 Å². The smallest absolute Gasteiger partial charge is 0.169 e. The maximum Gasteiger partial charge on any atom is 0.169 e.